The Morgan fingerprint density at radius 1 is 1.15 bits per heavy atom. The zero-order valence-electron chi connectivity index (χ0n) is 15.8. The van der Waals surface area contributed by atoms with Gasteiger partial charge in [0.2, 0.25) is 0 Å². The SMILES string of the molecule is CCNC(=NCc1ccccc1)NCC(c1cccs1)N1CCOCC1.I. The summed E-state index contributed by atoms with van der Waals surface area (Å²) in [6.07, 6.45) is 0. The van der Waals surface area contributed by atoms with Gasteiger partial charge in [-0.2, -0.15) is 0 Å². The second-order valence-electron chi connectivity index (χ2n) is 6.24. The molecule has 1 aromatic heterocycles. The molecule has 0 amide bonds. The van der Waals surface area contributed by atoms with Crippen LogP contribution < -0.4 is 10.6 Å². The second-order valence-corrected chi connectivity index (χ2v) is 7.22. The van der Waals surface area contributed by atoms with Gasteiger partial charge in [-0.05, 0) is 23.9 Å². The molecule has 5 nitrogen and oxygen atoms in total. The highest BCUT2D eigenvalue weighted by atomic mass is 127. The van der Waals surface area contributed by atoms with Crippen LogP contribution in [0.2, 0.25) is 0 Å². The average Bonchev–Trinajstić information content (AvgIpc) is 3.22. The van der Waals surface area contributed by atoms with Crippen molar-refractivity contribution >= 4 is 41.3 Å². The number of nitrogens with zero attached hydrogens (tertiary/aromatic N) is 2. The number of morpholine rings is 1. The zero-order valence-corrected chi connectivity index (χ0v) is 18.9. The molecule has 1 fully saturated rings. The Kier molecular flexibility index (Phi) is 10.1. The van der Waals surface area contributed by atoms with Crippen molar-refractivity contribution in [3.8, 4) is 0 Å². The van der Waals surface area contributed by atoms with Crippen molar-refractivity contribution in [1.29, 1.82) is 0 Å². The molecule has 2 aromatic rings. The van der Waals surface area contributed by atoms with Crippen molar-refractivity contribution in [2.45, 2.75) is 19.5 Å². The van der Waals surface area contributed by atoms with E-state index in [-0.39, 0.29) is 24.0 Å². The lowest BCUT2D eigenvalue weighted by molar-refractivity contribution is 0.0177. The number of guanidine groups is 1. The third-order valence-corrected chi connectivity index (χ3v) is 5.40. The van der Waals surface area contributed by atoms with E-state index < -0.39 is 0 Å². The summed E-state index contributed by atoms with van der Waals surface area (Å²) in [5.41, 5.74) is 1.22. The van der Waals surface area contributed by atoms with E-state index in [1.54, 1.807) is 0 Å². The first-order chi connectivity index (χ1) is 12.9. The molecule has 1 aromatic carbocycles. The van der Waals surface area contributed by atoms with Crippen LogP contribution in [0.3, 0.4) is 0 Å². The van der Waals surface area contributed by atoms with E-state index in [0.29, 0.717) is 12.6 Å². The number of hydrogen-bond acceptors (Lipinski definition) is 4. The molecule has 2 heterocycles. The highest BCUT2D eigenvalue weighted by Gasteiger charge is 2.23. The minimum Gasteiger partial charge on any atom is -0.379 e. The molecule has 0 saturated carbocycles. The van der Waals surface area contributed by atoms with E-state index in [9.17, 15) is 0 Å². The zero-order chi connectivity index (χ0) is 18.0. The van der Waals surface area contributed by atoms with Gasteiger partial charge >= 0.3 is 0 Å². The van der Waals surface area contributed by atoms with Crippen molar-refractivity contribution < 1.29 is 4.74 Å². The molecule has 1 unspecified atom stereocenters. The van der Waals surface area contributed by atoms with E-state index in [2.05, 4.69) is 64.2 Å². The molecule has 0 radical (unpaired) electrons. The van der Waals surface area contributed by atoms with Crippen LogP contribution in [0.5, 0.6) is 0 Å². The number of halogens is 1. The quantitative estimate of drug-likeness (QED) is 0.347. The second kappa shape index (κ2) is 12.3. The topological polar surface area (TPSA) is 48.9 Å². The van der Waals surface area contributed by atoms with Gasteiger partial charge in [-0.3, -0.25) is 4.90 Å². The van der Waals surface area contributed by atoms with Crippen LogP contribution in [0.15, 0.2) is 52.8 Å². The third kappa shape index (κ3) is 7.06. The summed E-state index contributed by atoms with van der Waals surface area (Å²) in [6.45, 7) is 8.02. The summed E-state index contributed by atoms with van der Waals surface area (Å²) >= 11 is 1.82. The average molecular weight is 500 g/mol. The Morgan fingerprint density at radius 2 is 1.93 bits per heavy atom. The number of hydrogen-bond donors (Lipinski definition) is 2. The monoisotopic (exact) mass is 500 g/mol. The van der Waals surface area contributed by atoms with Crippen LogP contribution in [0, 0.1) is 0 Å². The first kappa shape index (κ1) is 22.1. The Hall–Kier alpha value is -1.16. The molecule has 1 atom stereocenters. The molecule has 0 bridgehead atoms. The van der Waals surface area contributed by atoms with Crippen LogP contribution >= 0.6 is 35.3 Å². The van der Waals surface area contributed by atoms with Crippen LogP contribution in [0.1, 0.15) is 23.4 Å². The van der Waals surface area contributed by atoms with Gasteiger partial charge in [0, 0.05) is 31.1 Å². The fraction of sp³-hybridized carbons (Fsp3) is 0.450. The smallest absolute Gasteiger partial charge is 0.191 e. The highest BCUT2D eigenvalue weighted by molar-refractivity contribution is 14.0. The predicted molar refractivity (Wildman–Crippen MR) is 124 cm³/mol. The number of rotatable bonds is 7. The van der Waals surface area contributed by atoms with Crippen molar-refractivity contribution in [1.82, 2.24) is 15.5 Å². The van der Waals surface area contributed by atoms with E-state index in [1.807, 2.05) is 17.4 Å². The van der Waals surface area contributed by atoms with Gasteiger partial charge in [0.1, 0.15) is 0 Å². The largest absolute Gasteiger partial charge is 0.379 e. The number of aliphatic imine (C=N–C) groups is 1. The van der Waals surface area contributed by atoms with E-state index in [4.69, 9.17) is 9.73 Å². The highest BCUT2D eigenvalue weighted by Crippen LogP contribution is 2.25. The molecule has 1 saturated heterocycles. The fourth-order valence-corrected chi connectivity index (χ4v) is 3.93. The molecule has 1 aliphatic heterocycles. The Balaban J connectivity index is 0.00000261. The number of thiophene rings is 1. The molecule has 0 spiro atoms. The van der Waals surface area contributed by atoms with Crippen molar-refractivity contribution in [2.24, 2.45) is 4.99 Å². The van der Waals surface area contributed by atoms with E-state index in [1.165, 1.54) is 10.4 Å². The van der Waals surface area contributed by atoms with Gasteiger partial charge in [-0.25, -0.2) is 4.99 Å². The molecule has 7 heteroatoms. The summed E-state index contributed by atoms with van der Waals surface area (Å²) in [5, 5.41) is 9.05. The van der Waals surface area contributed by atoms with Crippen LogP contribution in [0.25, 0.3) is 0 Å². The lowest BCUT2D eigenvalue weighted by atomic mass is 10.2. The molecule has 0 aliphatic carbocycles. The number of benzene rings is 1. The molecular formula is C20H29IN4OS. The first-order valence-electron chi connectivity index (χ1n) is 9.28. The summed E-state index contributed by atoms with van der Waals surface area (Å²) in [6, 6.07) is 15.0. The fourth-order valence-electron chi connectivity index (χ4n) is 3.07. The molecule has 3 rings (SSSR count). The maximum atomic E-state index is 5.52. The molecule has 2 N–H and O–H groups in total. The molecule has 1 aliphatic rings. The third-order valence-electron chi connectivity index (χ3n) is 4.43. The van der Waals surface area contributed by atoms with Crippen LogP contribution in [-0.4, -0.2) is 50.3 Å². The lowest BCUT2D eigenvalue weighted by Gasteiger charge is -2.34. The Labute approximate surface area is 183 Å². The Morgan fingerprint density at radius 3 is 2.59 bits per heavy atom. The van der Waals surface area contributed by atoms with Gasteiger partial charge in [-0.15, -0.1) is 35.3 Å². The standard InChI is InChI=1S/C20H28N4OS.HI/c1-2-21-20(22-15-17-7-4-3-5-8-17)23-16-18(19-9-6-14-26-19)24-10-12-25-13-11-24;/h3-9,14,18H,2,10-13,15-16H2,1H3,(H2,21,22,23);1H. The Bertz CT molecular complexity index is 660. The normalized spacial score (nSPS) is 16.4. The maximum Gasteiger partial charge on any atom is 0.191 e. The summed E-state index contributed by atoms with van der Waals surface area (Å²) in [5.74, 6) is 0.867. The summed E-state index contributed by atoms with van der Waals surface area (Å²) in [4.78, 5) is 8.63. The van der Waals surface area contributed by atoms with Gasteiger partial charge in [0.25, 0.3) is 0 Å². The van der Waals surface area contributed by atoms with E-state index >= 15 is 0 Å². The minimum absolute atomic E-state index is 0. The van der Waals surface area contributed by atoms with E-state index in [0.717, 1.165) is 45.4 Å². The first-order valence-corrected chi connectivity index (χ1v) is 10.2. The van der Waals surface area contributed by atoms with Crippen molar-refractivity contribution in [3.05, 3.63) is 58.3 Å². The maximum absolute atomic E-state index is 5.52. The lowest BCUT2D eigenvalue weighted by Crippen LogP contribution is -2.46. The summed E-state index contributed by atoms with van der Waals surface area (Å²) in [7, 11) is 0. The van der Waals surface area contributed by atoms with Gasteiger partial charge in [0.15, 0.2) is 5.96 Å². The molecule has 148 valence electrons. The van der Waals surface area contributed by atoms with Gasteiger partial charge in [0.05, 0.1) is 25.8 Å². The number of nitrogens with one attached hydrogen (secondary N) is 2. The summed E-state index contributed by atoms with van der Waals surface area (Å²) < 4.78 is 5.52. The predicted octanol–water partition coefficient (Wildman–Crippen LogP) is 3.49. The molecule has 27 heavy (non-hydrogen) atoms. The van der Waals surface area contributed by atoms with Crippen molar-refractivity contribution in [2.75, 3.05) is 39.4 Å². The van der Waals surface area contributed by atoms with Crippen LogP contribution in [0.4, 0.5) is 0 Å². The van der Waals surface area contributed by atoms with Gasteiger partial charge < -0.3 is 15.4 Å². The number of ether oxygens (including phenoxy) is 1. The van der Waals surface area contributed by atoms with Crippen LogP contribution in [-0.2, 0) is 11.3 Å². The minimum atomic E-state index is 0. The molecular weight excluding hydrogens is 471 g/mol. The van der Waals surface area contributed by atoms with Crippen molar-refractivity contribution in [3.63, 3.8) is 0 Å². The van der Waals surface area contributed by atoms with Gasteiger partial charge in [-0.1, -0.05) is 36.4 Å².